The molecule has 0 aliphatic heterocycles. The zero-order valence-corrected chi connectivity index (χ0v) is 12.3. The molecule has 0 radical (unpaired) electrons. The highest BCUT2D eigenvalue weighted by Crippen LogP contribution is 2.29. The van der Waals surface area contributed by atoms with Crippen molar-refractivity contribution in [3.05, 3.63) is 39.8 Å². The third kappa shape index (κ3) is 3.10. The van der Waals surface area contributed by atoms with Crippen molar-refractivity contribution in [2.75, 3.05) is 0 Å². The van der Waals surface area contributed by atoms with Crippen LogP contribution in [0.15, 0.2) is 23.0 Å². The van der Waals surface area contributed by atoms with Crippen LogP contribution in [0.3, 0.4) is 0 Å². The van der Waals surface area contributed by atoms with Crippen LogP contribution in [0.25, 0.3) is 11.1 Å². The molecule has 0 unspecified atom stereocenters. The van der Waals surface area contributed by atoms with Gasteiger partial charge >= 0.3 is 0 Å². The third-order valence-corrected chi connectivity index (χ3v) is 4.15. The zero-order valence-electron chi connectivity index (χ0n) is 11.5. The topological polar surface area (TPSA) is 30.0 Å². The molecule has 0 spiro atoms. The Bertz CT molecular complexity index is 546. The van der Waals surface area contributed by atoms with E-state index in [1.165, 1.54) is 29.5 Å². The molecule has 0 amide bonds. The fourth-order valence-electron chi connectivity index (χ4n) is 2.32. The Kier molecular flexibility index (Phi) is 4.86. The SMILES string of the molecule is CCCCCc1c(-c2ccsc2)cnc(C=O)c1C. The van der Waals surface area contributed by atoms with Crippen molar-refractivity contribution in [1.82, 2.24) is 4.98 Å². The van der Waals surface area contributed by atoms with Crippen LogP contribution in [0.5, 0.6) is 0 Å². The number of carbonyl (C=O) groups excluding carboxylic acids is 1. The van der Waals surface area contributed by atoms with Crippen LogP contribution in [-0.2, 0) is 6.42 Å². The maximum atomic E-state index is 11.0. The summed E-state index contributed by atoms with van der Waals surface area (Å²) in [6, 6.07) is 2.12. The van der Waals surface area contributed by atoms with Crippen LogP contribution >= 0.6 is 11.3 Å². The van der Waals surface area contributed by atoms with Crippen LogP contribution in [0, 0.1) is 6.92 Å². The molecule has 2 rings (SSSR count). The van der Waals surface area contributed by atoms with Gasteiger partial charge in [0.2, 0.25) is 0 Å². The quantitative estimate of drug-likeness (QED) is 0.566. The summed E-state index contributed by atoms with van der Waals surface area (Å²) in [6.45, 7) is 4.21. The van der Waals surface area contributed by atoms with Crippen LogP contribution in [-0.4, -0.2) is 11.3 Å². The average Bonchev–Trinajstić information content (AvgIpc) is 2.94. The van der Waals surface area contributed by atoms with Crippen molar-refractivity contribution < 1.29 is 4.79 Å². The van der Waals surface area contributed by atoms with E-state index in [-0.39, 0.29) is 0 Å². The number of unbranched alkanes of at least 4 members (excludes halogenated alkanes) is 2. The summed E-state index contributed by atoms with van der Waals surface area (Å²) in [6.07, 6.45) is 7.32. The van der Waals surface area contributed by atoms with Gasteiger partial charge in [-0.25, -0.2) is 0 Å². The van der Waals surface area contributed by atoms with Crippen LogP contribution in [0.1, 0.15) is 47.8 Å². The number of hydrogen-bond donors (Lipinski definition) is 0. The number of aromatic nitrogens is 1. The second-order valence-corrected chi connectivity index (χ2v) is 5.53. The van der Waals surface area contributed by atoms with Gasteiger partial charge in [0.1, 0.15) is 5.69 Å². The van der Waals surface area contributed by atoms with E-state index in [2.05, 4.69) is 28.7 Å². The first-order chi connectivity index (χ1) is 9.27. The van der Waals surface area contributed by atoms with E-state index in [9.17, 15) is 4.79 Å². The van der Waals surface area contributed by atoms with Gasteiger partial charge in [-0.3, -0.25) is 9.78 Å². The largest absolute Gasteiger partial charge is 0.296 e. The Morgan fingerprint density at radius 1 is 1.37 bits per heavy atom. The Morgan fingerprint density at radius 2 is 2.21 bits per heavy atom. The number of nitrogens with zero attached hydrogens (tertiary/aromatic N) is 1. The van der Waals surface area contributed by atoms with E-state index < -0.39 is 0 Å². The standard InChI is InChI=1S/C16H19NOS/c1-3-4-5-6-14-12(2)16(10-18)17-9-15(14)13-7-8-19-11-13/h7-11H,3-6H2,1-2H3. The first-order valence-electron chi connectivity index (χ1n) is 6.74. The zero-order chi connectivity index (χ0) is 13.7. The van der Waals surface area contributed by atoms with Crippen molar-refractivity contribution in [3.8, 4) is 11.1 Å². The maximum Gasteiger partial charge on any atom is 0.168 e. The van der Waals surface area contributed by atoms with Gasteiger partial charge in [0, 0.05) is 11.8 Å². The number of rotatable bonds is 6. The predicted octanol–water partition coefficient (Wildman–Crippen LogP) is 4.66. The minimum atomic E-state index is 0.575. The number of thiophene rings is 1. The van der Waals surface area contributed by atoms with E-state index in [0.717, 1.165) is 24.7 Å². The van der Waals surface area contributed by atoms with Gasteiger partial charge in [-0.15, -0.1) is 0 Å². The molecule has 2 nitrogen and oxygen atoms in total. The van der Waals surface area contributed by atoms with Crippen molar-refractivity contribution in [3.63, 3.8) is 0 Å². The molecule has 19 heavy (non-hydrogen) atoms. The summed E-state index contributed by atoms with van der Waals surface area (Å²) >= 11 is 1.69. The first kappa shape index (κ1) is 13.9. The average molecular weight is 273 g/mol. The van der Waals surface area contributed by atoms with Crippen LogP contribution in [0.2, 0.25) is 0 Å². The number of carbonyl (C=O) groups is 1. The molecule has 0 aliphatic rings. The lowest BCUT2D eigenvalue weighted by Crippen LogP contribution is -2.01. The molecule has 0 N–H and O–H groups in total. The summed E-state index contributed by atoms with van der Waals surface area (Å²) in [7, 11) is 0. The molecule has 2 heterocycles. The summed E-state index contributed by atoms with van der Waals surface area (Å²) in [5, 5.41) is 4.22. The summed E-state index contributed by atoms with van der Waals surface area (Å²) in [5.74, 6) is 0. The molecule has 0 aromatic carbocycles. The van der Waals surface area contributed by atoms with E-state index in [1.807, 2.05) is 13.1 Å². The Balaban J connectivity index is 2.41. The van der Waals surface area contributed by atoms with Gasteiger partial charge in [-0.1, -0.05) is 19.8 Å². The second kappa shape index (κ2) is 6.62. The van der Waals surface area contributed by atoms with Crippen LogP contribution in [0.4, 0.5) is 0 Å². The summed E-state index contributed by atoms with van der Waals surface area (Å²) < 4.78 is 0. The van der Waals surface area contributed by atoms with Crippen LogP contribution < -0.4 is 0 Å². The van der Waals surface area contributed by atoms with Gasteiger partial charge in [0.15, 0.2) is 6.29 Å². The summed E-state index contributed by atoms with van der Waals surface area (Å²) in [4.78, 5) is 15.3. The number of pyridine rings is 1. The second-order valence-electron chi connectivity index (χ2n) is 4.75. The van der Waals surface area contributed by atoms with E-state index in [4.69, 9.17) is 0 Å². The van der Waals surface area contributed by atoms with Crippen molar-refractivity contribution in [2.45, 2.75) is 39.5 Å². The van der Waals surface area contributed by atoms with Gasteiger partial charge in [-0.2, -0.15) is 11.3 Å². The van der Waals surface area contributed by atoms with E-state index in [1.54, 1.807) is 11.3 Å². The minimum Gasteiger partial charge on any atom is -0.296 e. The highest BCUT2D eigenvalue weighted by Gasteiger charge is 2.12. The molecule has 2 aromatic heterocycles. The molecule has 0 saturated carbocycles. The molecule has 0 aliphatic carbocycles. The number of hydrogen-bond acceptors (Lipinski definition) is 3. The third-order valence-electron chi connectivity index (χ3n) is 3.47. The Labute approximate surface area is 118 Å². The van der Waals surface area contributed by atoms with Gasteiger partial charge < -0.3 is 0 Å². The molecule has 0 fully saturated rings. The lowest BCUT2D eigenvalue weighted by Gasteiger charge is -2.13. The minimum absolute atomic E-state index is 0.575. The molecule has 100 valence electrons. The van der Waals surface area contributed by atoms with Gasteiger partial charge in [-0.05, 0) is 53.3 Å². The molecule has 0 atom stereocenters. The number of aldehydes is 1. The van der Waals surface area contributed by atoms with Crippen molar-refractivity contribution in [1.29, 1.82) is 0 Å². The monoisotopic (exact) mass is 273 g/mol. The smallest absolute Gasteiger partial charge is 0.168 e. The summed E-state index contributed by atoms with van der Waals surface area (Å²) in [5.41, 5.74) is 5.29. The fraction of sp³-hybridized carbons (Fsp3) is 0.375. The highest BCUT2D eigenvalue weighted by atomic mass is 32.1. The molecular weight excluding hydrogens is 254 g/mol. The van der Waals surface area contributed by atoms with E-state index >= 15 is 0 Å². The lowest BCUT2D eigenvalue weighted by atomic mass is 9.94. The first-order valence-corrected chi connectivity index (χ1v) is 7.68. The van der Waals surface area contributed by atoms with Crippen molar-refractivity contribution in [2.24, 2.45) is 0 Å². The van der Waals surface area contributed by atoms with Crippen molar-refractivity contribution >= 4 is 17.6 Å². The maximum absolute atomic E-state index is 11.0. The molecule has 0 saturated heterocycles. The fourth-order valence-corrected chi connectivity index (χ4v) is 2.98. The molecule has 0 bridgehead atoms. The highest BCUT2D eigenvalue weighted by molar-refractivity contribution is 7.08. The predicted molar refractivity (Wildman–Crippen MR) is 80.9 cm³/mol. The van der Waals surface area contributed by atoms with Gasteiger partial charge in [0.25, 0.3) is 0 Å². The normalized spacial score (nSPS) is 10.6. The van der Waals surface area contributed by atoms with Gasteiger partial charge in [0.05, 0.1) is 0 Å². The Hall–Kier alpha value is -1.48. The molecule has 3 heteroatoms. The molecular formula is C16H19NOS. The Morgan fingerprint density at radius 3 is 2.84 bits per heavy atom. The lowest BCUT2D eigenvalue weighted by molar-refractivity contribution is 0.111. The molecule has 2 aromatic rings. The van der Waals surface area contributed by atoms with E-state index in [0.29, 0.717) is 5.69 Å².